The molecule has 8 heteroatoms. The van der Waals surface area contributed by atoms with E-state index in [0.717, 1.165) is 25.8 Å². The molecule has 0 atom stereocenters. The first-order valence-corrected chi connectivity index (χ1v) is 7.22. The Morgan fingerprint density at radius 3 is 2.32 bits per heavy atom. The molecule has 0 radical (unpaired) electrons. The molecule has 1 aromatic heterocycles. The summed E-state index contributed by atoms with van der Waals surface area (Å²) >= 11 is 0.321. The molecule has 0 saturated heterocycles. The zero-order chi connectivity index (χ0) is 14.1. The minimum absolute atomic E-state index is 0.0268. The van der Waals surface area contributed by atoms with E-state index in [1.165, 1.54) is 0 Å². The van der Waals surface area contributed by atoms with Crippen molar-refractivity contribution in [1.82, 2.24) is 15.0 Å². The highest BCUT2D eigenvalue weighted by Gasteiger charge is 2.11. The van der Waals surface area contributed by atoms with Gasteiger partial charge in [0.1, 0.15) is 0 Å². The van der Waals surface area contributed by atoms with Crippen molar-refractivity contribution >= 4 is 23.7 Å². The maximum absolute atomic E-state index is 12.3. The van der Waals surface area contributed by atoms with Crippen LogP contribution < -0.4 is 10.6 Å². The van der Waals surface area contributed by atoms with Gasteiger partial charge in [0.25, 0.3) is 5.76 Å². The lowest BCUT2D eigenvalue weighted by Gasteiger charge is -2.08. The Morgan fingerprint density at radius 1 is 1.05 bits per heavy atom. The van der Waals surface area contributed by atoms with Gasteiger partial charge in [-0.05, 0) is 25.1 Å². The van der Waals surface area contributed by atoms with Crippen LogP contribution >= 0.6 is 11.8 Å². The largest absolute Gasteiger partial charge is 0.354 e. The van der Waals surface area contributed by atoms with Crippen molar-refractivity contribution in [3.63, 3.8) is 0 Å². The van der Waals surface area contributed by atoms with Crippen LogP contribution in [-0.4, -0.2) is 33.8 Å². The van der Waals surface area contributed by atoms with E-state index in [0.29, 0.717) is 30.2 Å². The standard InChI is InChI=1S/C11H19F2N5S/c1-3-5-6-7-15-10-16-9(14-4-2)17-11(18-10)19-8(12)13/h8H,3-7H2,1-2H3,(H2,14,15,16,17,18). The summed E-state index contributed by atoms with van der Waals surface area (Å²) in [6, 6.07) is 0. The second-order valence-corrected chi connectivity index (χ2v) is 4.77. The second-order valence-electron chi connectivity index (χ2n) is 3.81. The number of alkyl halides is 2. The van der Waals surface area contributed by atoms with Crippen LogP contribution in [-0.2, 0) is 0 Å². The Balaban J connectivity index is 2.68. The Hall–Kier alpha value is -1.18. The number of unbranched alkanes of at least 4 members (excludes halogenated alkanes) is 2. The van der Waals surface area contributed by atoms with Gasteiger partial charge in [0.15, 0.2) is 5.16 Å². The van der Waals surface area contributed by atoms with Crippen molar-refractivity contribution < 1.29 is 8.78 Å². The molecular formula is C11H19F2N5S. The van der Waals surface area contributed by atoms with E-state index in [2.05, 4.69) is 32.5 Å². The van der Waals surface area contributed by atoms with Crippen molar-refractivity contribution in [3.8, 4) is 0 Å². The van der Waals surface area contributed by atoms with E-state index in [1.54, 1.807) is 0 Å². The summed E-state index contributed by atoms with van der Waals surface area (Å²) in [4.78, 5) is 12.0. The van der Waals surface area contributed by atoms with Crippen LogP contribution in [0, 0.1) is 0 Å². The molecular weight excluding hydrogens is 272 g/mol. The lowest BCUT2D eigenvalue weighted by Crippen LogP contribution is -2.10. The first-order chi connectivity index (χ1) is 9.15. The third kappa shape index (κ3) is 6.51. The molecule has 1 heterocycles. The monoisotopic (exact) mass is 291 g/mol. The summed E-state index contributed by atoms with van der Waals surface area (Å²) in [7, 11) is 0. The number of hydrogen-bond acceptors (Lipinski definition) is 6. The van der Waals surface area contributed by atoms with E-state index in [1.807, 2.05) is 6.92 Å². The molecule has 0 saturated carbocycles. The molecule has 0 aliphatic rings. The number of nitrogens with one attached hydrogen (secondary N) is 2. The fraction of sp³-hybridized carbons (Fsp3) is 0.727. The maximum atomic E-state index is 12.3. The number of hydrogen-bond donors (Lipinski definition) is 2. The lowest BCUT2D eigenvalue weighted by molar-refractivity contribution is 0.251. The second kappa shape index (κ2) is 8.84. The Kier molecular flexibility index (Phi) is 7.39. The number of nitrogens with zero attached hydrogens (tertiary/aromatic N) is 3. The van der Waals surface area contributed by atoms with Gasteiger partial charge in [0.05, 0.1) is 0 Å². The topological polar surface area (TPSA) is 62.7 Å². The zero-order valence-electron chi connectivity index (χ0n) is 11.1. The lowest BCUT2D eigenvalue weighted by atomic mass is 10.2. The van der Waals surface area contributed by atoms with E-state index in [-0.39, 0.29) is 5.16 Å². The predicted molar refractivity (Wildman–Crippen MR) is 73.9 cm³/mol. The van der Waals surface area contributed by atoms with Gasteiger partial charge in [-0.3, -0.25) is 0 Å². The van der Waals surface area contributed by atoms with E-state index in [4.69, 9.17) is 0 Å². The van der Waals surface area contributed by atoms with E-state index in [9.17, 15) is 8.78 Å². The minimum Gasteiger partial charge on any atom is -0.354 e. The fourth-order valence-electron chi connectivity index (χ4n) is 1.38. The van der Waals surface area contributed by atoms with Gasteiger partial charge in [0, 0.05) is 13.1 Å². The zero-order valence-corrected chi connectivity index (χ0v) is 11.9. The molecule has 0 aliphatic heterocycles. The van der Waals surface area contributed by atoms with Crippen LogP contribution in [0.1, 0.15) is 33.1 Å². The van der Waals surface area contributed by atoms with Crippen LogP contribution in [0.5, 0.6) is 0 Å². The van der Waals surface area contributed by atoms with E-state index >= 15 is 0 Å². The van der Waals surface area contributed by atoms with Gasteiger partial charge in [0.2, 0.25) is 11.9 Å². The number of halogens is 2. The summed E-state index contributed by atoms with van der Waals surface area (Å²) in [6.07, 6.45) is 3.22. The number of aromatic nitrogens is 3. The van der Waals surface area contributed by atoms with Crippen molar-refractivity contribution in [2.24, 2.45) is 0 Å². The summed E-state index contributed by atoms with van der Waals surface area (Å²) in [5.41, 5.74) is 0. The third-order valence-corrected chi connectivity index (χ3v) is 2.78. The van der Waals surface area contributed by atoms with Crippen molar-refractivity contribution in [3.05, 3.63) is 0 Å². The Labute approximate surface area is 116 Å². The number of anilines is 2. The van der Waals surface area contributed by atoms with Crippen molar-refractivity contribution in [1.29, 1.82) is 0 Å². The highest BCUT2D eigenvalue weighted by atomic mass is 32.2. The van der Waals surface area contributed by atoms with Crippen LogP contribution in [0.2, 0.25) is 0 Å². The SMILES string of the molecule is CCCCCNc1nc(NCC)nc(SC(F)F)n1. The fourth-order valence-corrected chi connectivity index (χ4v) is 1.82. The predicted octanol–water partition coefficient (Wildman–Crippen LogP) is 3.22. The molecule has 19 heavy (non-hydrogen) atoms. The first-order valence-electron chi connectivity index (χ1n) is 6.34. The van der Waals surface area contributed by atoms with Crippen LogP contribution in [0.25, 0.3) is 0 Å². The molecule has 0 amide bonds. The van der Waals surface area contributed by atoms with Gasteiger partial charge < -0.3 is 10.6 Å². The molecule has 1 aromatic rings. The molecule has 0 aliphatic carbocycles. The first kappa shape index (κ1) is 15.9. The van der Waals surface area contributed by atoms with Crippen LogP contribution in [0.3, 0.4) is 0 Å². The molecule has 108 valence electrons. The summed E-state index contributed by atoms with van der Waals surface area (Å²) < 4.78 is 24.7. The Morgan fingerprint density at radius 2 is 1.74 bits per heavy atom. The molecule has 0 spiro atoms. The van der Waals surface area contributed by atoms with Crippen LogP contribution in [0.15, 0.2) is 5.16 Å². The van der Waals surface area contributed by atoms with Gasteiger partial charge in [-0.1, -0.05) is 19.8 Å². The summed E-state index contributed by atoms with van der Waals surface area (Å²) in [5, 5.41) is 5.96. The average Bonchev–Trinajstić information content (AvgIpc) is 2.34. The van der Waals surface area contributed by atoms with Gasteiger partial charge in [-0.25, -0.2) is 0 Å². The highest BCUT2D eigenvalue weighted by molar-refractivity contribution is 7.99. The molecule has 2 N–H and O–H groups in total. The smallest absolute Gasteiger partial charge is 0.291 e. The normalized spacial score (nSPS) is 10.8. The maximum Gasteiger partial charge on any atom is 0.291 e. The molecule has 0 unspecified atom stereocenters. The summed E-state index contributed by atoms with van der Waals surface area (Å²) in [5.74, 6) is -1.88. The van der Waals surface area contributed by atoms with Crippen LogP contribution in [0.4, 0.5) is 20.7 Å². The molecule has 0 fully saturated rings. The Bertz CT molecular complexity index is 378. The van der Waals surface area contributed by atoms with Gasteiger partial charge in [-0.15, -0.1) is 0 Å². The van der Waals surface area contributed by atoms with Crippen molar-refractivity contribution in [2.75, 3.05) is 23.7 Å². The van der Waals surface area contributed by atoms with Gasteiger partial charge in [-0.2, -0.15) is 23.7 Å². The number of rotatable bonds is 9. The average molecular weight is 291 g/mol. The summed E-state index contributed by atoms with van der Waals surface area (Å²) in [6.45, 7) is 5.35. The molecule has 1 rings (SSSR count). The number of thioether (sulfide) groups is 1. The molecule has 0 aromatic carbocycles. The molecule has 5 nitrogen and oxygen atoms in total. The highest BCUT2D eigenvalue weighted by Crippen LogP contribution is 2.23. The van der Waals surface area contributed by atoms with Gasteiger partial charge >= 0.3 is 0 Å². The molecule has 0 bridgehead atoms. The minimum atomic E-state index is -2.54. The van der Waals surface area contributed by atoms with Crippen molar-refractivity contribution in [2.45, 2.75) is 44.0 Å². The quantitative estimate of drug-likeness (QED) is 0.538. The third-order valence-electron chi connectivity index (χ3n) is 2.21. The van der Waals surface area contributed by atoms with E-state index < -0.39 is 5.76 Å².